The Morgan fingerprint density at radius 1 is 0.352 bits per heavy atom. The molecular formula is C78H119NO8P+. The van der Waals surface area contributed by atoms with Crippen LogP contribution in [-0.4, -0.2) is 74.9 Å². The molecule has 0 heterocycles. The molecule has 2 unspecified atom stereocenters. The number of ether oxygens (including phenoxy) is 2. The third kappa shape index (κ3) is 69.2. The lowest BCUT2D eigenvalue weighted by Crippen LogP contribution is -2.37. The molecule has 0 bridgehead atoms. The normalized spacial score (nSPS) is 14.7. The maximum absolute atomic E-state index is 12.9. The van der Waals surface area contributed by atoms with E-state index in [0.29, 0.717) is 30.3 Å². The molecule has 0 spiro atoms. The highest BCUT2D eigenvalue weighted by Crippen LogP contribution is 2.43. The molecule has 0 aliphatic carbocycles. The highest BCUT2D eigenvalue weighted by molar-refractivity contribution is 7.47. The van der Waals surface area contributed by atoms with Gasteiger partial charge >= 0.3 is 19.8 Å². The molecule has 0 rings (SSSR count). The number of quaternary nitrogens is 1. The molecule has 0 aliphatic rings. The van der Waals surface area contributed by atoms with Crippen LogP contribution in [0.15, 0.2) is 231 Å². The Bertz CT molecular complexity index is 2330. The lowest BCUT2D eigenvalue weighted by Gasteiger charge is -2.24. The fourth-order valence-electron chi connectivity index (χ4n) is 7.69. The Kier molecular flexibility index (Phi) is 61.1. The van der Waals surface area contributed by atoms with Crippen LogP contribution in [0, 0.1) is 0 Å². The minimum Gasteiger partial charge on any atom is -0.462 e. The van der Waals surface area contributed by atoms with Crippen LogP contribution in [0.2, 0.25) is 0 Å². The van der Waals surface area contributed by atoms with Gasteiger partial charge in [-0.2, -0.15) is 0 Å². The average molecular weight is 1230 g/mol. The number of phosphoric ester groups is 1. The fourth-order valence-corrected chi connectivity index (χ4v) is 8.43. The van der Waals surface area contributed by atoms with Crippen LogP contribution >= 0.6 is 7.82 Å². The van der Waals surface area contributed by atoms with Gasteiger partial charge in [0.15, 0.2) is 6.10 Å². The van der Waals surface area contributed by atoms with Crippen molar-refractivity contribution >= 4 is 19.8 Å². The smallest absolute Gasteiger partial charge is 0.462 e. The van der Waals surface area contributed by atoms with Crippen molar-refractivity contribution in [1.29, 1.82) is 0 Å². The molecule has 0 aliphatic heterocycles. The van der Waals surface area contributed by atoms with E-state index in [1.54, 1.807) is 0 Å². The zero-order chi connectivity index (χ0) is 64.1. The van der Waals surface area contributed by atoms with Crippen molar-refractivity contribution < 1.29 is 42.1 Å². The predicted octanol–water partition coefficient (Wildman–Crippen LogP) is 21.8. The number of likely N-dealkylation sites (N-methyl/N-ethyl adjacent to an activating group) is 1. The number of unbranched alkanes of at least 4 members (excludes halogenated alkanes) is 5. The topological polar surface area (TPSA) is 108 Å². The Balaban J connectivity index is 4.35. The van der Waals surface area contributed by atoms with E-state index in [1.165, 1.54) is 0 Å². The molecule has 10 heteroatoms. The molecule has 0 aromatic rings. The first-order valence-corrected chi connectivity index (χ1v) is 34.6. The van der Waals surface area contributed by atoms with E-state index in [9.17, 15) is 19.0 Å². The van der Waals surface area contributed by atoms with Crippen molar-refractivity contribution in [2.75, 3.05) is 47.5 Å². The number of allylic oxidation sites excluding steroid dienone is 38. The summed E-state index contributed by atoms with van der Waals surface area (Å²) in [6, 6.07) is 0. The molecule has 0 amide bonds. The standard InChI is InChI=1S/C78H118NO8P/c1-6-8-10-12-14-16-18-20-22-24-26-28-30-32-34-36-37-38-39-40-41-43-45-47-49-51-53-55-57-59-61-63-65-67-69-71-78(81)87-76(75-86-88(82,83)85-73-72-79(3,4)5)74-84-77(80)70-68-66-64-62-60-58-56-54-52-50-48-46-44-42-35-33-31-29-27-25-23-21-19-17-15-13-11-9-7-2/h8-11,14-17,20-23,26-29,32-35,37-38,40-41,44-47,50-53,56-59,62,64,76H,6-7,12-13,18-19,24-25,30-31,36,39,42-43,48-49,54-55,60-61,63,65-75H2,1-5H3/p+1/b10-8-,11-9-,16-14-,17-15-,22-20-,23-21-,28-26-,29-27-,34-32-,35-33-,38-37-,41-40-,46-44-,47-45-,52-50-,53-51-,58-56-,59-57-,64-62-. The lowest BCUT2D eigenvalue weighted by molar-refractivity contribution is -0.870. The first-order chi connectivity index (χ1) is 43.0. The second kappa shape index (κ2) is 65.5. The van der Waals surface area contributed by atoms with Gasteiger partial charge in [0.05, 0.1) is 27.7 Å². The summed E-state index contributed by atoms with van der Waals surface area (Å²) in [5.74, 6) is -0.920. The maximum atomic E-state index is 12.9. The highest BCUT2D eigenvalue weighted by atomic mass is 31.2. The fraction of sp³-hybridized carbons (Fsp3) is 0.487. The van der Waals surface area contributed by atoms with Gasteiger partial charge in [0.1, 0.15) is 19.8 Å². The number of hydrogen-bond donors (Lipinski definition) is 1. The molecule has 9 nitrogen and oxygen atoms in total. The first-order valence-electron chi connectivity index (χ1n) is 33.1. The molecule has 488 valence electrons. The average Bonchev–Trinajstić information content (AvgIpc) is 3.57. The van der Waals surface area contributed by atoms with Crippen molar-refractivity contribution in [1.82, 2.24) is 0 Å². The number of rotatable bonds is 57. The van der Waals surface area contributed by atoms with Crippen molar-refractivity contribution in [3.05, 3.63) is 231 Å². The maximum Gasteiger partial charge on any atom is 0.472 e. The van der Waals surface area contributed by atoms with Crippen LogP contribution in [0.3, 0.4) is 0 Å². The second-order valence-electron chi connectivity index (χ2n) is 22.0. The summed E-state index contributed by atoms with van der Waals surface area (Å²) in [5.41, 5.74) is 0. The molecule has 0 radical (unpaired) electrons. The Morgan fingerprint density at radius 3 is 0.932 bits per heavy atom. The summed E-state index contributed by atoms with van der Waals surface area (Å²) in [5, 5.41) is 0. The molecule has 0 aromatic heterocycles. The number of esters is 2. The van der Waals surface area contributed by atoms with Crippen LogP contribution in [0.1, 0.15) is 194 Å². The third-order valence-electron chi connectivity index (χ3n) is 12.7. The van der Waals surface area contributed by atoms with Gasteiger partial charge in [-0.25, -0.2) is 4.57 Å². The van der Waals surface area contributed by atoms with Gasteiger partial charge in [0, 0.05) is 12.8 Å². The van der Waals surface area contributed by atoms with Gasteiger partial charge in [-0.3, -0.25) is 18.6 Å². The zero-order valence-electron chi connectivity index (χ0n) is 55.3. The van der Waals surface area contributed by atoms with Gasteiger partial charge in [-0.15, -0.1) is 0 Å². The highest BCUT2D eigenvalue weighted by Gasteiger charge is 2.27. The van der Waals surface area contributed by atoms with E-state index in [0.717, 1.165) is 148 Å². The minimum absolute atomic E-state index is 0.00254. The minimum atomic E-state index is -4.43. The van der Waals surface area contributed by atoms with Crippen LogP contribution in [0.25, 0.3) is 0 Å². The van der Waals surface area contributed by atoms with Gasteiger partial charge in [-0.05, 0) is 154 Å². The molecule has 88 heavy (non-hydrogen) atoms. The summed E-state index contributed by atoms with van der Waals surface area (Å²) >= 11 is 0. The summed E-state index contributed by atoms with van der Waals surface area (Å²) in [6.45, 7) is 4.06. The van der Waals surface area contributed by atoms with Crippen molar-refractivity contribution in [3.63, 3.8) is 0 Å². The Morgan fingerprint density at radius 2 is 0.625 bits per heavy atom. The molecule has 0 saturated carbocycles. The zero-order valence-corrected chi connectivity index (χ0v) is 56.2. The van der Waals surface area contributed by atoms with Crippen LogP contribution in [0.5, 0.6) is 0 Å². The molecular weight excluding hydrogens is 1110 g/mol. The van der Waals surface area contributed by atoms with E-state index < -0.39 is 32.5 Å². The number of hydrogen-bond acceptors (Lipinski definition) is 7. The molecule has 0 fully saturated rings. The van der Waals surface area contributed by atoms with Crippen molar-refractivity contribution in [2.24, 2.45) is 0 Å². The van der Waals surface area contributed by atoms with Gasteiger partial charge in [-0.1, -0.05) is 258 Å². The Labute approximate surface area is 537 Å². The number of phosphoric acid groups is 1. The number of carbonyl (C=O) groups is 2. The SMILES string of the molecule is CC/C=C\C/C=C\C/C=C\C/C=C\C/C=C\C/C=C\C/C=C\C/C=C\C/C=C\C/C=C\CCCCCCC(=O)OC(COC(=O)CCC/C=C\C/C=C\C/C=C\C/C=C\C/C=C\C/C=C\C/C=C\C/C=C\C/C=C\CC)COP(=O)(O)OCC[N+](C)(C)C. The predicted molar refractivity (Wildman–Crippen MR) is 380 cm³/mol. The Hall–Kier alpha value is -5.93. The van der Waals surface area contributed by atoms with Gasteiger partial charge in [0.2, 0.25) is 0 Å². The van der Waals surface area contributed by atoms with Crippen molar-refractivity contribution in [3.8, 4) is 0 Å². The van der Waals surface area contributed by atoms with Gasteiger partial charge in [0.25, 0.3) is 0 Å². The summed E-state index contributed by atoms with van der Waals surface area (Å²) in [6.07, 6.45) is 107. The second-order valence-corrected chi connectivity index (χ2v) is 23.5. The quantitative estimate of drug-likeness (QED) is 0.0211. The molecule has 1 N–H and O–H groups in total. The molecule has 0 saturated heterocycles. The van der Waals surface area contributed by atoms with Crippen LogP contribution in [-0.2, 0) is 32.7 Å². The molecule has 2 atom stereocenters. The van der Waals surface area contributed by atoms with E-state index in [-0.39, 0.29) is 26.1 Å². The largest absolute Gasteiger partial charge is 0.472 e. The third-order valence-corrected chi connectivity index (χ3v) is 13.7. The van der Waals surface area contributed by atoms with E-state index >= 15 is 0 Å². The monoisotopic (exact) mass is 1230 g/mol. The van der Waals surface area contributed by atoms with E-state index in [2.05, 4.69) is 245 Å². The first kappa shape index (κ1) is 82.1. The summed E-state index contributed by atoms with van der Waals surface area (Å²) in [7, 11) is 1.39. The molecule has 0 aromatic carbocycles. The van der Waals surface area contributed by atoms with Crippen molar-refractivity contribution in [2.45, 2.75) is 200 Å². The number of nitrogens with zero attached hydrogens (tertiary/aromatic N) is 1. The van der Waals surface area contributed by atoms with Crippen LogP contribution in [0.4, 0.5) is 0 Å². The van der Waals surface area contributed by atoms with E-state index in [1.807, 2.05) is 21.1 Å². The summed E-state index contributed by atoms with van der Waals surface area (Å²) < 4.78 is 34.5. The lowest BCUT2D eigenvalue weighted by atomic mass is 10.1. The number of carbonyl (C=O) groups excluding carboxylic acids is 2. The van der Waals surface area contributed by atoms with Gasteiger partial charge < -0.3 is 18.9 Å². The van der Waals surface area contributed by atoms with E-state index in [4.69, 9.17) is 18.5 Å². The van der Waals surface area contributed by atoms with Crippen LogP contribution < -0.4 is 0 Å². The summed E-state index contributed by atoms with van der Waals surface area (Å²) in [4.78, 5) is 35.8.